The molecule has 1 atom stereocenters. The zero-order valence-electron chi connectivity index (χ0n) is 10.2. The van der Waals surface area contributed by atoms with Gasteiger partial charge in [-0.15, -0.1) is 0 Å². The Hall–Kier alpha value is -0.660. The van der Waals surface area contributed by atoms with Gasteiger partial charge in [0.05, 0.1) is 25.6 Å². The Kier molecular flexibility index (Phi) is 5.35. The monoisotopic (exact) mass is 265 g/mol. The average Bonchev–Trinajstić information content (AvgIpc) is 2.28. The van der Waals surface area contributed by atoms with Gasteiger partial charge in [0, 0.05) is 19.5 Å². The maximum absolute atomic E-state index is 11.9. The lowest BCUT2D eigenvalue weighted by molar-refractivity contribution is -0.140. The molecular formula is C10H19NO5S. The van der Waals surface area contributed by atoms with Gasteiger partial charge < -0.3 is 9.47 Å². The highest BCUT2D eigenvalue weighted by molar-refractivity contribution is 7.89. The molecule has 1 aliphatic rings. The van der Waals surface area contributed by atoms with E-state index in [-0.39, 0.29) is 24.2 Å². The second-order valence-corrected chi connectivity index (χ2v) is 6.12. The van der Waals surface area contributed by atoms with Crippen molar-refractivity contribution in [2.45, 2.75) is 25.9 Å². The Bertz CT molecular complexity index is 354. The summed E-state index contributed by atoms with van der Waals surface area (Å²) in [5.41, 5.74) is 0. The van der Waals surface area contributed by atoms with Crippen LogP contribution in [0, 0.1) is 0 Å². The van der Waals surface area contributed by atoms with E-state index in [0.717, 1.165) is 0 Å². The summed E-state index contributed by atoms with van der Waals surface area (Å²) in [7, 11) is -1.98. The van der Waals surface area contributed by atoms with Crippen molar-refractivity contribution in [2.24, 2.45) is 0 Å². The van der Waals surface area contributed by atoms with Crippen LogP contribution in [0.4, 0.5) is 0 Å². The van der Waals surface area contributed by atoms with E-state index in [1.54, 1.807) is 0 Å². The van der Waals surface area contributed by atoms with E-state index in [4.69, 9.17) is 4.74 Å². The summed E-state index contributed by atoms with van der Waals surface area (Å²) in [5, 5.41) is 0. The summed E-state index contributed by atoms with van der Waals surface area (Å²) in [4.78, 5) is 10.9. The lowest BCUT2D eigenvalue weighted by Crippen LogP contribution is -2.45. The molecule has 1 heterocycles. The van der Waals surface area contributed by atoms with Crippen molar-refractivity contribution in [3.8, 4) is 0 Å². The minimum absolute atomic E-state index is 0.0190. The third kappa shape index (κ3) is 4.61. The molecule has 0 radical (unpaired) electrons. The topological polar surface area (TPSA) is 72.9 Å². The van der Waals surface area contributed by atoms with Crippen LogP contribution >= 0.6 is 0 Å². The number of esters is 1. The highest BCUT2D eigenvalue weighted by Crippen LogP contribution is 2.11. The van der Waals surface area contributed by atoms with Crippen LogP contribution < -0.4 is 0 Å². The van der Waals surface area contributed by atoms with Crippen molar-refractivity contribution < 1.29 is 22.7 Å². The Morgan fingerprint density at radius 2 is 2.24 bits per heavy atom. The van der Waals surface area contributed by atoms with Crippen LogP contribution in [-0.2, 0) is 24.3 Å². The van der Waals surface area contributed by atoms with Crippen molar-refractivity contribution in [1.29, 1.82) is 0 Å². The van der Waals surface area contributed by atoms with E-state index < -0.39 is 10.0 Å². The molecule has 0 aromatic heterocycles. The molecule has 0 N–H and O–H groups in total. The fourth-order valence-electron chi connectivity index (χ4n) is 1.67. The van der Waals surface area contributed by atoms with Gasteiger partial charge in [0.2, 0.25) is 10.0 Å². The van der Waals surface area contributed by atoms with E-state index in [2.05, 4.69) is 4.74 Å². The van der Waals surface area contributed by atoms with Crippen LogP contribution in [0.1, 0.15) is 19.8 Å². The maximum atomic E-state index is 11.9. The summed E-state index contributed by atoms with van der Waals surface area (Å²) >= 11 is 0. The number of methoxy groups -OCH3 is 1. The molecule has 0 amide bonds. The number of morpholine rings is 1. The Balaban J connectivity index is 2.42. The first kappa shape index (κ1) is 14.4. The smallest absolute Gasteiger partial charge is 0.305 e. The van der Waals surface area contributed by atoms with Gasteiger partial charge in [0.15, 0.2) is 0 Å². The molecule has 1 fully saturated rings. The molecule has 17 heavy (non-hydrogen) atoms. The molecule has 0 aliphatic carbocycles. The van der Waals surface area contributed by atoms with Crippen molar-refractivity contribution in [3.63, 3.8) is 0 Å². The molecule has 1 rings (SSSR count). The molecule has 0 aromatic carbocycles. The number of carbonyl (C=O) groups excluding carboxylic acids is 1. The summed E-state index contributed by atoms with van der Waals surface area (Å²) < 4.78 is 35.0. The van der Waals surface area contributed by atoms with E-state index in [0.29, 0.717) is 26.1 Å². The molecule has 0 saturated carbocycles. The van der Waals surface area contributed by atoms with Crippen LogP contribution in [-0.4, -0.2) is 57.4 Å². The summed E-state index contributed by atoms with van der Waals surface area (Å²) in [6, 6.07) is 0. The van der Waals surface area contributed by atoms with Gasteiger partial charge in [-0.25, -0.2) is 8.42 Å². The largest absolute Gasteiger partial charge is 0.469 e. The third-order valence-electron chi connectivity index (χ3n) is 2.61. The molecule has 7 heteroatoms. The summed E-state index contributed by atoms with van der Waals surface area (Å²) in [6.07, 6.45) is 0.357. The van der Waals surface area contributed by atoms with E-state index in [1.807, 2.05) is 6.92 Å². The molecule has 1 unspecified atom stereocenters. The maximum Gasteiger partial charge on any atom is 0.305 e. The van der Waals surface area contributed by atoms with Crippen molar-refractivity contribution in [2.75, 3.05) is 32.6 Å². The standard InChI is InChI=1S/C10H19NO5S/c1-9-8-11(5-6-16-9)17(13,14)7-3-4-10(12)15-2/h9H,3-8H2,1-2H3. The van der Waals surface area contributed by atoms with Crippen molar-refractivity contribution in [3.05, 3.63) is 0 Å². The molecule has 6 nitrogen and oxygen atoms in total. The van der Waals surface area contributed by atoms with E-state index in [1.165, 1.54) is 11.4 Å². The lowest BCUT2D eigenvalue weighted by Gasteiger charge is -2.30. The second-order valence-electron chi connectivity index (χ2n) is 4.04. The minimum Gasteiger partial charge on any atom is -0.469 e. The van der Waals surface area contributed by atoms with Gasteiger partial charge in [-0.05, 0) is 13.3 Å². The van der Waals surface area contributed by atoms with Crippen LogP contribution in [0.15, 0.2) is 0 Å². The molecule has 0 spiro atoms. The minimum atomic E-state index is -3.27. The predicted octanol–water partition coefficient (Wildman–Crippen LogP) is -0.00990. The fourth-order valence-corrected chi connectivity index (χ4v) is 3.23. The van der Waals surface area contributed by atoms with Gasteiger partial charge in [0.1, 0.15) is 0 Å². The zero-order valence-corrected chi connectivity index (χ0v) is 11.0. The first-order valence-corrected chi connectivity index (χ1v) is 7.23. The molecule has 0 bridgehead atoms. The van der Waals surface area contributed by atoms with Gasteiger partial charge in [-0.2, -0.15) is 4.31 Å². The molecule has 1 saturated heterocycles. The highest BCUT2D eigenvalue weighted by atomic mass is 32.2. The number of hydrogen-bond acceptors (Lipinski definition) is 5. The quantitative estimate of drug-likeness (QED) is 0.654. The molecule has 1 aliphatic heterocycles. The molecule has 100 valence electrons. The molecular weight excluding hydrogens is 246 g/mol. The number of sulfonamides is 1. The van der Waals surface area contributed by atoms with Gasteiger partial charge >= 0.3 is 5.97 Å². The van der Waals surface area contributed by atoms with Crippen LogP contribution in [0.2, 0.25) is 0 Å². The first-order chi connectivity index (χ1) is 7.95. The highest BCUT2D eigenvalue weighted by Gasteiger charge is 2.27. The van der Waals surface area contributed by atoms with E-state index in [9.17, 15) is 13.2 Å². The Labute approximate surface area is 102 Å². The number of rotatable bonds is 5. The van der Waals surface area contributed by atoms with Crippen LogP contribution in [0.5, 0.6) is 0 Å². The van der Waals surface area contributed by atoms with Gasteiger partial charge in [0.25, 0.3) is 0 Å². The lowest BCUT2D eigenvalue weighted by atomic mass is 10.3. The number of ether oxygens (including phenoxy) is 2. The van der Waals surface area contributed by atoms with Crippen molar-refractivity contribution >= 4 is 16.0 Å². The van der Waals surface area contributed by atoms with Gasteiger partial charge in [-0.3, -0.25) is 4.79 Å². The summed E-state index contributed by atoms with van der Waals surface area (Å²) in [5.74, 6) is -0.398. The van der Waals surface area contributed by atoms with Crippen LogP contribution in [0.3, 0.4) is 0 Å². The van der Waals surface area contributed by atoms with E-state index >= 15 is 0 Å². The second kappa shape index (κ2) is 6.32. The zero-order chi connectivity index (χ0) is 12.9. The number of hydrogen-bond donors (Lipinski definition) is 0. The fraction of sp³-hybridized carbons (Fsp3) is 0.900. The first-order valence-electron chi connectivity index (χ1n) is 5.62. The van der Waals surface area contributed by atoms with Crippen LogP contribution in [0.25, 0.3) is 0 Å². The SMILES string of the molecule is COC(=O)CCCS(=O)(=O)N1CCOC(C)C1. The number of nitrogens with zero attached hydrogens (tertiary/aromatic N) is 1. The summed E-state index contributed by atoms with van der Waals surface area (Å²) in [6.45, 7) is 3.05. The predicted molar refractivity (Wildman–Crippen MR) is 62.0 cm³/mol. The van der Waals surface area contributed by atoms with Crippen molar-refractivity contribution in [1.82, 2.24) is 4.31 Å². The Morgan fingerprint density at radius 1 is 1.53 bits per heavy atom. The number of carbonyl (C=O) groups is 1. The molecule has 0 aromatic rings. The van der Waals surface area contributed by atoms with Gasteiger partial charge in [-0.1, -0.05) is 0 Å². The normalized spacial score (nSPS) is 22.4. The third-order valence-corrected chi connectivity index (χ3v) is 4.53. The average molecular weight is 265 g/mol. The Morgan fingerprint density at radius 3 is 2.82 bits per heavy atom.